The van der Waals surface area contributed by atoms with Crippen molar-refractivity contribution in [2.24, 2.45) is 29.1 Å². The largest absolute Gasteiger partial charge is 0.302 e. The number of likely N-dealkylation sites (tertiary alicyclic amines) is 1. The molecule has 0 N–H and O–H groups in total. The van der Waals surface area contributed by atoms with E-state index in [1.54, 1.807) is 32.1 Å². The first-order valence-corrected chi connectivity index (χ1v) is 6.99. The molecule has 1 heterocycles. The zero-order chi connectivity index (χ0) is 10.0. The van der Waals surface area contributed by atoms with Crippen LogP contribution in [-0.2, 0) is 0 Å². The van der Waals surface area contributed by atoms with Gasteiger partial charge < -0.3 is 4.90 Å². The Morgan fingerprint density at radius 1 is 1.20 bits per heavy atom. The van der Waals surface area contributed by atoms with E-state index in [4.69, 9.17) is 0 Å². The van der Waals surface area contributed by atoms with Crippen molar-refractivity contribution in [3.8, 4) is 0 Å². The van der Waals surface area contributed by atoms with Crippen LogP contribution >= 0.6 is 0 Å². The summed E-state index contributed by atoms with van der Waals surface area (Å²) in [4.78, 5) is 2.72. The molecule has 2 unspecified atom stereocenters. The molecular formula is C14H23N. The first kappa shape index (κ1) is 9.04. The summed E-state index contributed by atoms with van der Waals surface area (Å²) in [5, 5.41) is 0. The zero-order valence-electron chi connectivity index (χ0n) is 9.91. The van der Waals surface area contributed by atoms with Crippen LogP contribution in [0, 0.1) is 29.1 Å². The average Bonchev–Trinajstić information content (AvgIpc) is 2.92. The van der Waals surface area contributed by atoms with Crippen molar-refractivity contribution in [1.29, 1.82) is 0 Å². The molecule has 0 radical (unpaired) electrons. The Hall–Kier alpha value is -0.0400. The predicted molar refractivity (Wildman–Crippen MR) is 61.6 cm³/mol. The molecule has 1 saturated heterocycles. The smallest absolute Gasteiger partial charge is 0.00410 e. The molecule has 0 aromatic rings. The van der Waals surface area contributed by atoms with Gasteiger partial charge in [0.25, 0.3) is 0 Å². The first-order valence-electron chi connectivity index (χ1n) is 6.99. The second-order valence-corrected chi connectivity index (χ2v) is 7.01. The molecule has 1 aliphatic heterocycles. The molecule has 4 aliphatic rings. The van der Waals surface area contributed by atoms with Crippen LogP contribution in [0.15, 0.2) is 0 Å². The van der Waals surface area contributed by atoms with E-state index in [0.717, 1.165) is 11.3 Å². The van der Waals surface area contributed by atoms with E-state index >= 15 is 0 Å². The van der Waals surface area contributed by atoms with Gasteiger partial charge in [0.1, 0.15) is 0 Å². The maximum absolute atomic E-state index is 2.72. The van der Waals surface area contributed by atoms with Crippen molar-refractivity contribution in [2.75, 3.05) is 19.6 Å². The molecule has 3 saturated carbocycles. The Morgan fingerprint density at radius 3 is 2.47 bits per heavy atom. The maximum Gasteiger partial charge on any atom is 0.00410 e. The summed E-state index contributed by atoms with van der Waals surface area (Å²) in [6.45, 7) is 6.64. The molecule has 1 heteroatoms. The predicted octanol–water partition coefficient (Wildman–Crippen LogP) is 2.76. The molecule has 0 aromatic heterocycles. The molecule has 2 atom stereocenters. The summed E-state index contributed by atoms with van der Waals surface area (Å²) in [6.07, 6.45) is 7.86. The highest BCUT2D eigenvalue weighted by Gasteiger charge is 2.62. The van der Waals surface area contributed by atoms with Crippen molar-refractivity contribution in [1.82, 2.24) is 4.90 Å². The summed E-state index contributed by atoms with van der Waals surface area (Å²) in [5.41, 5.74) is 0.841. The van der Waals surface area contributed by atoms with Crippen molar-refractivity contribution >= 4 is 0 Å². The van der Waals surface area contributed by atoms with Crippen molar-refractivity contribution < 1.29 is 0 Å². The van der Waals surface area contributed by atoms with E-state index in [1.165, 1.54) is 37.4 Å². The molecule has 1 nitrogen and oxygen atoms in total. The minimum Gasteiger partial charge on any atom is -0.302 e. The normalized spacial score (nSPS) is 43.8. The Kier molecular flexibility index (Phi) is 1.68. The van der Waals surface area contributed by atoms with Gasteiger partial charge in [-0.25, -0.2) is 0 Å². The van der Waals surface area contributed by atoms with E-state index in [-0.39, 0.29) is 0 Å². The van der Waals surface area contributed by atoms with E-state index in [0.29, 0.717) is 0 Å². The van der Waals surface area contributed by atoms with E-state index < -0.39 is 0 Å². The standard InChI is InChI=1S/C14H23N/c1-10-7-15(8-10)9-14(4-5-14)13-6-12(13)11-2-3-11/h10-13H,2-9H2,1H3. The SMILES string of the molecule is CC1CN(CC2(C3CC3C3CC3)CC2)C1. The van der Waals surface area contributed by atoms with Crippen LogP contribution in [0.3, 0.4) is 0 Å². The molecular weight excluding hydrogens is 182 g/mol. The molecule has 84 valence electrons. The van der Waals surface area contributed by atoms with Gasteiger partial charge in [-0.15, -0.1) is 0 Å². The molecule has 0 aromatic carbocycles. The quantitative estimate of drug-likeness (QED) is 0.682. The molecule has 4 rings (SSSR count). The van der Waals surface area contributed by atoms with E-state index in [1.807, 2.05) is 0 Å². The second-order valence-electron chi connectivity index (χ2n) is 7.01. The van der Waals surface area contributed by atoms with Gasteiger partial charge in [0.05, 0.1) is 0 Å². The third kappa shape index (κ3) is 1.46. The van der Waals surface area contributed by atoms with Crippen molar-refractivity contribution in [3.05, 3.63) is 0 Å². The summed E-state index contributed by atoms with van der Waals surface area (Å²) in [6, 6.07) is 0. The number of nitrogens with zero attached hydrogens (tertiary/aromatic N) is 1. The van der Waals surface area contributed by atoms with Crippen LogP contribution in [0.1, 0.15) is 39.0 Å². The van der Waals surface area contributed by atoms with Crippen LogP contribution in [0.5, 0.6) is 0 Å². The van der Waals surface area contributed by atoms with Crippen LogP contribution in [0.2, 0.25) is 0 Å². The highest BCUT2D eigenvalue weighted by atomic mass is 15.2. The summed E-state index contributed by atoms with van der Waals surface area (Å²) in [7, 11) is 0. The van der Waals surface area contributed by atoms with Crippen molar-refractivity contribution in [2.45, 2.75) is 39.0 Å². The Labute approximate surface area is 93.2 Å². The fraction of sp³-hybridized carbons (Fsp3) is 1.00. The van der Waals surface area contributed by atoms with Gasteiger partial charge in [0.2, 0.25) is 0 Å². The van der Waals surface area contributed by atoms with Gasteiger partial charge in [-0.05, 0) is 61.2 Å². The van der Waals surface area contributed by atoms with E-state index in [9.17, 15) is 0 Å². The molecule has 15 heavy (non-hydrogen) atoms. The first-order chi connectivity index (χ1) is 7.27. The molecule has 3 aliphatic carbocycles. The zero-order valence-corrected chi connectivity index (χ0v) is 9.91. The maximum atomic E-state index is 2.72. The lowest BCUT2D eigenvalue weighted by molar-refractivity contribution is 0.0787. The van der Waals surface area contributed by atoms with Gasteiger partial charge in [-0.2, -0.15) is 0 Å². The Balaban J connectivity index is 1.35. The fourth-order valence-electron chi connectivity index (χ4n) is 4.17. The highest BCUT2D eigenvalue weighted by Crippen LogP contribution is 2.69. The summed E-state index contributed by atoms with van der Waals surface area (Å²) >= 11 is 0. The highest BCUT2D eigenvalue weighted by molar-refractivity contribution is 5.12. The number of hydrogen-bond donors (Lipinski definition) is 0. The molecule has 0 amide bonds. The molecule has 4 fully saturated rings. The Bertz CT molecular complexity index is 271. The minimum absolute atomic E-state index is 0.841. The molecule has 0 bridgehead atoms. The average molecular weight is 205 g/mol. The topological polar surface area (TPSA) is 3.24 Å². The van der Waals surface area contributed by atoms with E-state index in [2.05, 4.69) is 11.8 Å². The lowest BCUT2D eigenvalue weighted by Gasteiger charge is -2.40. The third-order valence-corrected chi connectivity index (χ3v) is 5.42. The third-order valence-electron chi connectivity index (χ3n) is 5.42. The van der Waals surface area contributed by atoms with Crippen LogP contribution in [0.4, 0.5) is 0 Å². The molecule has 0 spiro atoms. The summed E-state index contributed by atoms with van der Waals surface area (Å²) in [5.74, 6) is 4.52. The minimum atomic E-state index is 0.841. The lowest BCUT2D eigenvalue weighted by Crippen LogP contribution is -2.48. The lowest BCUT2D eigenvalue weighted by atomic mass is 9.93. The van der Waals surface area contributed by atoms with Crippen molar-refractivity contribution in [3.63, 3.8) is 0 Å². The second kappa shape index (κ2) is 2.80. The Morgan fingerprint density at radius 2 is 1.93 bits per heavy atom. The van der Waals surface area contributed by atoms with Gasteiger partial charge >= 0.3 is 0 Å². The number of hydrogen-bond acceptors (Lipinski definition) is 1. The van der Waals surface area contributed by atoms with Crippen LogP contribution in [-0.4, -0.2) is 24.5 Å². The van der Waals surface area contributed by atoms with Crippen LogP contribution in [0.25, 0.3) is 0 Å². The van der Waals surface area contributed by atoms with Crippen LogP contribution < -0.4 is 0 Å². The monoisotopic (exact) mass is 205 g/mol. The van der Waals surface area contributed by atoms with Gasteiger partial charge in [-0.3, -0.25) is 0 Å². The number of rotatable bonds is 4. The van der Waals surface area contributed by atoms with Gasteiger partial charge in [0.15, 0.2) is 0 Å². The van der Waals surface area contributed by atoms with Gasteiger partial charge in [-0.1, -0.05) is 6.92 Å². The fourth-order valence-corrected chi connectivity index (χ4v) is 4.17. The van der Waals surface area contributed by atoms with Gasteiger partial charge in [0, 0.05) is 19.6 Å². The summed E-state index contributed by atoms with van der Waals surface area (Å²) < 4.78 is 0.